The quantitative estimate of drug-likeness (QED) is 0.837. The Labute approximate surface area is 152 Å². The van der Waals surface area contributed by atoms with Crippen LogP contribution < -0.4 is 0 Å². The van der Waals surface area contributed by atoms with Crippen LogP contribution in [0, 0.1) is 5.92 Å². The van der Waals surface area contributed by atoms with E-state index in [2.05, 4.69) is 13.8 Å². The van der Waals surface area contributed by atoms with Crippen molar-refractivity contribution in [3.63, 3.8) is 0 Å². The van der Waals surface area contributed by atoms with Gasteiger partial charge in [-0.25, -0.2) is 4.79 Å². The van der Waals surface area contributed by atoms with Crippen LogP contribution in [0.15, 0.2) is 65.6 Å². The van der Waals surface area contributed by atoms with Gasteiger partial charge in [0.05, 0.1) is 18.7 Å². The van der Waals surface area contributed by atoms with E-state index in [1.807, 2.05) is 60.7 Å². The van der Waals surface area contributed by atoms with Gasteiger partial charge < -0.3 is 9.84 Å². The van der Waals surface area contributed by atoms with Crippen molar-refractivity contribution >= 4 is 17.9 Å². The van der Waals surface area contributed by atoms with E-state index < -0.39 is 6.04 Å². The molecule has 132 valence electrons. The third-order valence-electron chi connectivity index (χ3n) is 4.40. The van der Waals surface area contributed by atoms with E-state index >= 15 is 0 Å². The molecule has 1 aliphatic rings. The number of aliphatic hydroxyl groups is 1. The second kappa shape index (κ2) is 7.93. The van der Waals surface area contributed by atoms with Gasteiger partial charge >= 0.3 is 6.09 Å². The first-order valence-electron chi connectivity index (χ1n) is 8.48. The number of rotatable bonds is 6. The van der Waals surface area contributed by atoms with Crippen molar-refractivity contribution in [1.29, 1.82) is 0 Å². The minimum Gasteiger partial charge on any atom is -0.432 e. The van der Waals surface area contributed by atoms with Crippen LogP contribution in [0.3, 0.4) is 0 Å². The molecular formula is C20H23NO3S. The molecule has 0 bridgehead atoms. The number of ether oxygens (including phenoxy) is 1. The Morgan fingerprint density at radius 3 is 2.24 bits per heavy atom. The summed E-state index contributed by atoms with van der Waals surface area (Å²) < 4.78 is 5.69. The first-order valence-corrected chi connectivity index (χ1v) is 9.36. The molecule has 0 saturated carbocycles. The van der Waals surface area contributed by atoms with E-state index in [4.69, 9.17) is 4.74 Å². The number of thioether (sulfide) groups is 1. The lowest BCUT2D eigenvalue weighted by atomic mass is 9.99. The molecule has 0 radical (unpaired) electrons. The van der Waals surface area contributed by atoms with E-state index in [0.717, 1.165) is 10.5 Å². The van der Waals surface area contributed by atoms with Crippen LogP contribution in [0.2, 0.25) is 0 Å². The number of nitrogens with zero attached hydrogens (tertiary/aromatic N) is 1. The fourth-order valence-corrected chi connectivity index (χ4v) is 4.51. The highest BCUT2D eigenvalue weighted by atomic mass is 32.2. The molecule has 1 fully saturated rings. The minimum absolute atomic E-state index is 0.116. The zero-order chi connectivity index (χ0) is 17.8. The van der Waals surface area contributed by atoms with Crippen LogP contribution in [0.1, 0.15) is 25.5 Å². The molecule has 2 aromatic rings. The summed E-state index contributed by atoms with van der Waals surface area (Å²) in [6.07, 6.45) is -0.366. The maximum atomic E-state index is 12.6. The monoisotopic (exact) mass is 357 g/mol. The molecule has 0 unspecified atom stereocenters. The Balaban J connectivity index is 1.88. The predicted molar refractivity (Wildman–Crippen MR) is 99.3 cm³/mol. The maximum Gasteiger partial charge on any atom is 0.412 e. The second-order valence-corrected chi connectivity index (χ2v) is 7.61. The van der Waals surface area contributed by atoms with Crippen molar-refractivity contribution in [2.75, 3.05) is 6.61 Å². The smallest absolute Gasteiger partial charge is 0.412 e. The molecule has 1 saturated heterocycles. The van der Waals surface area contributed by atoms with Crippen LogP contribution in [-0.4, -0.2) is 34.2 Å². The number of amides is 1. The number of hydrogen-bond donors (Lipinski definition) is 1. The van der Waals surface area contributed by atoms with Crippen LogP contribution >= 0.6 is 11.8 Å². The molecule has 2 aromatic carbocycles. The molecule has 0 aliphatic carbocycles. The van der Waals surface area contributed by atoms with Gasteiger partial charge in [-0.05, 0) is 23.6 Å². The van der Waals surface area contributed by atoms with Crippen LogP contribution in [0.5, 0.6) is 0 Å². The van der Waals surface area contributed by atoms with E-state index in [-0.39, 0.29) is 30.1 Å². The Morgan fingerprint density at radius 2 is 1.68 bits per heavy atom. The van der Waals surface area contributed by atoms with Crippen molar-refractivity contribution in [3.05, 3.63) is 66.2 Å². The third kappa shape index (κ3) is 3.83. The van der Waals surface area contributed by atoms with Gasteiger partial charge in [-0.2, -0.15) is 0 Å². The average molecular weight is 357 g/mol. The first kappa shape index (κ1) is 17.8. The molecule has 3 rings (SSSR count). The molecule has 4 nitrogen and oxygen atoms in total. The Bertz CT molecular complexity index is 693. The average Bonchev–Trinajstić information content (AvgIpc) is 2.94. The highest BCUT2D eigenvalue weighted by molar-refractivity contribution is 7.99. The Morgan fingerprint density at radius 1 is 1.08 bits per heavy atom. The largest absolute Gasteiger partial charge is 0.432 e. The summed E-state index contributed by atoms with van der Waals surface area (Å²) in [5.41, 5.74) is 0.616. The summed E-state index contributed by atoms with van der Waals surface area (Å²) in [6.45, 7) is 4.03. The fourth-order valence-electron chi connectivity index (χ4n) is 3.21. The van der Waals surface area contributed by atoms with E-state index in [1.54, 1.807) is 16.7 Å². The minimum atomic E-state index is -0.400. The van der Waals surface area contributed by atoms with Crippen molar-refractivity contribution in [2.45, 2.75) is 36.3 Å². The number of hydrogen-bond acceptors (Lipinski definition) is 4. The normalized spacial score (nSPS) is 21.4. The van der Waals surface area contributed by atoms with Crippen molar-refractivity contribution in [1.82, 2.24) is 4.90 Å². The molecule has 5 heteroatoms. The second-order valence-electron chi connectivity index (χ2n) is 6.43. The van der Waals surface area contributed by atoms with Crippen molar-refractivity contribution in [2.24, 2.45) is 5.92 Å². The van der Waals surface area contributed by atoms with Gasteiger partial charge in [-0.1, -0.05) is 74.1 Å². The lowest BCUT2D eigenvalue weighted by Crippen LogP contribution is -2.43. The summed E-state index contributed by atoms with van der Waals surface area (Å²) in [7, 11) is 0. The Kier molecular flexibility index (Phi) is 5.66. The molecule has 1 heterocycles. The number of carbonyl (C=O) groups excluding carboxylic acids is 1. The predicted octanol–water partition coefficient (Wildman–Crippen LogP) is 4.32. The highest BCUT2D eigenvalue weighted by Gasteiger charge is 2.47. The standard InChI is InChI=1S/C20H23NO3S/c1-14(2)18-19(25-16-11-7-4-8-12-16)24-20(23)21(18)17(13-22)15-9-5-3-6-10-15/h3-12,14,17-19,22H,13H2,1-2H3/t17-,18+,19+/m0/s1. The molecule has 1 aliphatic heterocycles. The van der Waals surface area contributed by atoms with E-state index in [1.165, 1.54) is 0 Å². The molecular weight excluding hydrogens is 334 g/mol. The zero-order valence-corrected chi connectivity index (χ0v) is 15.2. The lowest BCUT2D eigenvalue weighted by Gasteiger charge is -2.33. The van der Waals surface area contributed by atoms with Gasteiger partial charge in [-0.15, -0.1) is 0 Å². The molecule has 0 spiro atoms. The van der Waals surface area contributed by atoms with Crippen molar-refractivity contribution < 1.29 is 14.6 Å². The molecule has 25 heavy (non-hydrogen) atoms. The van der Waals surface area contributed by atoms with E-state index in [9.17, 15) is 9.90 Å². The van der Waals surface area contributed by atoms with Crippen LogP contribution in [-0.2, 0) is 4.74 Å². The summed E-state index contributed by atoms with van der Waals surface area (Å²) in [5.74, 6) is 0.199. The maximum absolute atomic E-state index is 12.6. The number of aliphatic hydroxyl groups excluding tert-OH is 1. The highest BCUT2D eigenvalue weighted by Crippen LogP contribution is 2.40. The van der Waals surface area contributed by atoms with Crippen LogP contribution in [0.4, 0.5) is 4.79 Å². The van der Waals surface area contributed by atoms with Crippen molar-refractivity contribution in [3.8, 4) is 0 Å². The van der Waals surface area contributed by atoms with Crippen LogP contribution in [0.25, 0.3) is 0 Å². The SMILES string of the molecule is CC(C)[C@@H]1[C@@H](Sc2ccccc2)OC(=O)N1[C@@H](CO)c1ccccc1. The zero-order valence-electron chi connectivity index (χ0n) is 14.4. The topological polar surface area (TPSA) is 49.8 Å². The summed E-state index contributed by atoms with van der Waals surface area (Å²) in [4.78, 5) is 15.4. The third-order valence-corrected chi connectivity index (χ3v) is 5.55. The Hall–Kier alpha value is -1.98. The molecule has 0 aromatic heterocycles. The van der Waals surface area contributed by atoms with E-state index in [0.29, 0.717) is 0 Å². The van der Waals surface area contributed by atoms with Gasteiger partial charge in [0.25, 0.3) is 0 Å². The number of benzene rings is 2. The molecule has 1 N–H and O–H groups in total. The number of carbonyl (C=O) groups is 1. The van der Waals surface area contributed by atoms with Gasteiger partial charge in [0.1, 0.15) is 0 Å². The summed E-state index contributed by atoms with van der Waals surface area (Å²) in [6, 6.07) is 19.1. The summed E-state index contributed by atoms with van der Waals surface area (Å²) >= 11 is 1.55. The molecule has 3 atom stereocenters. The summed E-state index contributed by atoms with van der Waals surface area (Å²) in [5, 5.41) is 9.98. The number of cyclic esters (lactones) is 1. The van der Waals surface area contributed by atoms with Gasteiger partial charge in [-0.3, -0.25) is 4.90 Å². The molecule has 1 amide bonds. The first-order chi connectivity index (χ1) is 12.1. The van der Waals surface area contributed by atoms with Gasteiger partial charge in [0, 0.05) is 4.90 Å². The van der Waals surface area contributed by atoms with Gasteiger partial charge in [0.15, 0.2) is 5.44 Å². The lowest BCUT2D eigenvalue weighted by molar-refractivity contribution is 0.107. The fraction of sp³-hybridized carbons (Fsp3) is 0.350. The van der Waals surface area contributed by atoms with Gasteiger partial charge in [0.2, 0.25) is 0 Å².